The van der Waals surface area contributed by atoms with E-state index in [1.165, 1.54) is 4.90 Å². The Balaban J connectivity index is 1.58. The van der Waals surface area contributed by atoms with E-state index in [9.17, 15) is 19.8 Å². The quantitative estimate of drug-likeness (QED) is 0.533. The number of carbonyl (C=O) groups is 1. The van der Waals surface area contributed by atoms with Crippen LogP contribution in [0.4, 0.5) is 4.79 Å². The predicted octanol–water partition coefficient (Wildman–Crippen LogP) is 3.48. The summed E-state index contributed by atoms with van der Waals surface area (Å²) in [6.07, 6.45) is 1.24. The number of aromatic hydroxyl groups is 1. The van der Waals surface area contributed by atoms with Gasteiger partial charge in [-0.2, -0.15) is 0 Å². The molecule has 1 fully saturated rings. The summed E-state index contributed by atoms with van der Waals surface area (Å²) < 4.78 is 3.23. The van der Waals surface area contributed by atoms with Crippen molar-refractivity contribution in [2.24, 2.45) is 0 Å². The van der Waals surface area contributed by atoms with Crippen molar-refractivity contribution in [2.45, 2.75) is 12.5 Å². The van der Waals surface area contributed by atoms with E-state index in [1.807, 2.05) is 42.5 Å². The zero-order valence-electron chi connectivity index (χ0n) is 16.5. The number of nitrogens with zero attached hydrogens (tertiary/aromatic N) is 4. The average Bonchev–Trinajstić information content (AvgIpc) is 3.37. The van der Waals surface area contributed by atoms with Crippen LogP contribution in [0, 0.1) is 0 Å². The molecule has 0 bridgehead atoms. The molecule has 2 aromatic carbocycles. The molecule has 0 radical (unpaired) electrons. The number of aromatic nitrogens is 3. The molecule has 1 amide bonds. The van der Waals surface area contributed by atoms with Crippen LogP contribution in [0.15, 0.2) is 71.7 Å². The van der Waals surface area contributed by atoms with Crippen molar-refractivity contribution >= 4 is 17.3 Å². The molecule has 8 heteroatoms. The first kappa shape index (κ1) is 18.9. The number of imidazole rings is 1. The number of carboxylic acid groups (broad SMARTS) is 1. The second-order valence-electron chi connectivity index (χ2n) is 7.60. The SMILES string of the molecule is O=C(O)N1CCC(n2c(=O)n(-c3ccc(-c4ccc(O)cc4)cc3)c3cccnc32)C1. The molecule has 1 aliphatic rings. The van der Waals surface area contributed by atoms with Crippen molar-refractivity contribution in [1.82, 2.24) is 19.0 Å². The van der Waals surface area contributed by atoms with Gasteiger partial charge in [-0.25, -0.2) is 14.6 Å². The van der Waals surface area contributed by atoms with Gasteiger partial charge in [-0.3, -0.25) is 9.13 Å². The number of benzene rings is 2. The maximum absolute atomic E-state index is 13.4. The Morgan fingerprint density at radius 2 is 1.68 bits per heavy atom. The van der Waals surface area contributed by atoms with Crippen molar-refractivity contribution < 1.29 is 15.0 Å². The van der Waals surface area contributed by atoms with Crippen molar-refractivity contribution in [3.63, 3.8) is 0 Å². The first-order valence-corrected chi connectivity index (χ1v) is 9.98. The van der Waals surface area contributed by atoms with Crippen LogP contribution >= 0.6 is 0 Å². The van der Waals surface area contributed by atoms with Gasteiger partial charge in [-0.1, -0.05) is 24.3 Å². The summed E-state index contributed by atoms with van der Waals surface area (Å²) in [6.45, 7) is 0.665. The molecule has 3 heterocycles. The maximum Gasteiger partial charge on any atom is 0.407 e. The van der Waals surface area contributed by atoms with E-state index in [0.717, 1.165) is 11.1 Å². The molecule has 2 N–H and O–H groups in total. The van der Waals surface area contributed by atoms with Crippen molar-refractivity contribution in [1.29, 1.82) is 0 Å². The molecule has 0 aliphatic carbocycles. The van der Waals surface area contributed by atoms with Gasteiger partial charge in [0.1, 0.15) is 5.75 Å². The molecule has 2 aromatic heterocycles. The fraction of sp³-hybridized carbons (Fsp3) is 0.174. The van der Waals surface area contributed by atoms with E-state index in [0.29, 0.717) is 29.8 Å². The Morgan fingerprint density at radius 3 is 2.32 bits per heavy atom. The van der Waals surface area contributed by atoms with Gasteiger partial charge in [-0.15, -0.1) is 0 Å². The van der Waals surface area contributed by atoms with E-state index in [1.54, 1.807) is 33.5 Å². The van der Waals surface area contributed by atoms with Crippen LogP contribution in [0.2, 0.25) is 0 Å². The average molecular weight is 416 g/mol. The summed E-state index contributed by atoms with van der Waals surface area (Å²) in [4.78, 5) is 30.5. The van der Waals surface area contributed by atoms with Crippen molar-refractivity contribution in [2.75, 3.05) is 13.1 Å². The maximum atomic E-state index is 13.4. The van der Waals surface area contributed by atoms with E-state index < -0.39 is 6.09 Å². The second kappa shape index (κ2) is 7.32. The first-order chi connectivity index (χ1) is 15.0. The summed E-state index contributed by atoms with van der Waals surface area (Å²) >= 11 is 0. The molecule has 156 valence electrons. The molecule has 5 rings (SSSR count). The normalized spacial score (nSPS) is 16.1. The minimum Gasteiger partial charge on any atom is -0.508 e. The Hall–Kier alpha value is -4.07. The summed E-state index contributed by atoms with van der Waals surface area (Å²) in [5.74, 6) is 0.209. The van der Waals surface area contributed by atoms with Gasteiger partial charge in [-0.05, 0) is 53.9 Å². The Bertz CT molecular complexity index is 1320. The van der Waals surface area contributed by atoms with Crippen LogP contribution in [0.3, 0.4) is 0 Å². The summed E-state index contributed by atoms with van der Waals surface area (Å²) in [6, 6.07) is 17.9. The molecule has 0 saturated carbocycles. The fourth-order valence-corrected chi connectivity index (χ4v) is 4.21. The van der Waals surface area contributed by atoms with Crippen molar-refractivity contribution in [3.05, 3.63) is 77.3 Å². The predicted molar refractivity (Wildman–Crippen MR) is 116 cm³/mol. The minimum absolute atomic E-state index is 0.209. The largest absolute Gasteiger partial charge is 0.508 e. The molecule has 4 aromatic rings. The topological polar surface area (TPSA) is 101 Å². The first-order valence-electron chi connectivity index (χ1n) is 9.98. The lowest BCUT2D eigenvalue weighted by Gasteiger charge is -2.13. The zero-order valence-corrected chi connectivity index (χ0v) is 16.5. The number of phenolic OH excluding ortho intramolecular Hbond substituents is 1. The number of amides is 1. The second-order valence-corrected chi connectivity index (χ2v) is 7.60. The molecule has 1 unspecified atom stereocenters. The molecule has 0 spiro atoms. The van der Waals surface area contributed by atoms with E-state index in [4.69, 9.17) is 0 Å². The monoisotopic (exact) mass is 416 g/mol. The van der Waals surface area contributed by atoms with Crippen LogP contribution < -0.4 is 5.69 Å². The third kappa shape index (κ3) is 3.22. The number of phenols is 1. The number of likely N-dealkylation sites (tertiary alicyclic amines) is 1. The molecule has 31 heavy (non-hydrogen) atoms. The molecule has 8 nitrogen and oxygen atoms in total. The van der Waals surface area contributed by atoms with Crippen molar-refractivity contribution in [3.8, 4) is 22.6 Å². The Kier molecular flexibility index (Phi) is 4.47. The van der Waals surface area contributed by atoms with Crippen LogP contribution in [0.1, 0.15) is 12.5 Å². The van der Waals surface area contributed by atoms with Crippen LogP contribution in [0.5, 0.6) is 5.75 Å². The minimum atomic E-state index is -0.975. The number of hydrogen-bond acceptors (Lipinski definition) is 4. The molecule has 1 saturated heterocycles. The fourth-order valence-electron chi connectivity index (χ4n) is 4.21. The number of fused-ring (bicyclic) bond motifs is 1. The molecular weight excluding hydrogens is 396 g/mol. The lowest BCUT2D eigenvalue weighted by molar-refractivity contribution is 0.154. The third-order valence-electron chi connectivity index (χ3n) is 5.76. The van der Waals surface area contributed by atoms with Crippen LogP contribution in [-0.4, -0.2) is 48.4 Å². The lowest BCUT2D eigenvalue weighted by atomic mass is 10.1. The molecular formula is C23H20N4O4. The Labute approximate surface area is 177 Å². The van der Waals surface area contributed by atoms with Gasteiger partial charge < -0.3 is 15.1 Å². The summed E-state index contributed by atoms with van der Waals surface area (Å²) in [5, 5.41) is 18.8. The van der Waals surface area contributed by atoms with E-state index >= 15 is 0 Å². The van der Waals surface area contributed by atoms with E-state index in [2.05, 4.69) is 4.98 Å². The highest BCUT2D eigenvalue weighted by molar-refractivity contribution is 5.75. The van der Waals surface area contributed by atoms with Crippen LogP contribution in [-0.2, 0) is 0 Å². The highest BCUT2D eigenvalue weighted by Gasteiger charge is 2.31. The highest BCUT2D eigenvalue weighted by Crippen LogP contribution is 2.27. The zero-order chi connectivity index (χ0) is 21.5. The molecule has 1 aliphatic heterocycles. The highest BCUT2D eigenvalue weighted by atomic mass is 16.4. The van der Waals surface area contributed by atoms with Gasteiger partial charge in [0.05, 0.1) is 17.2 Å². The van der Waals surface area contributed by atoms with E-state index in [-0.39, 0.29) is 24.0 Å². The summed E-state index contributed by atoms with van der Waals surface area (Å²) in [7, 11) is 0. The standard InChI is InChI=1S/C23H20N4O4/c28-19-9-5-16(6-10-19)15-3-7-17(8-4-15)26-20-2-1-12-24-21(20)27(22(26)29)18-11-13-25(14-18)23(30)31/h1-10,12,18,28H,11,13-14H2,(H,30,31). The van der Waals surface area contributed by atoms with Crippen LogP contribution in [0.25, 0.3) is 28.0 Å². The number of hydrogen-bond donors (Lipinski definition) is 2. The number of pyridine rings is 1. The smallest absolute Gasteiger partial charge is 0.407 e. The van der Waals surface area contributed by atoms with Gasteiger partial charge >= 0.3 is 11.8 Å². The molecule has 1 atom stereocenters. The number of rotatable bonds is 3. The third-order valence-corrected chi connectivity index (χ3v) is 5.76. The van der Waals surface area contributed by atoms with Gasteiger partial charge in [0.25, 0.3) is 0 Å². The Morgan fingerprint density at radius 1 is 1.00 bits per heavy atom. The summed E-state index contributed by atoms with van der Waals surface area (Å²) in [5.41, 5.74) is 3.62. The van der Waals surface area contributed by atoms with Gasteiger partial charge in [0.2, 0.25) is 0 Å². The lowest BCUT2D eigenvalue weighted by Crippen LogP contribution is -2.31. The van der Waals surface area contributed by atoms with Gasteiger partial charge in [0, 0.05) is 19.3 Å². The van der Waals surface area contributed by atoms with Gasteiger partial charge in [0.15, 0.2) is 5.65 Å².